The van der Waals surface area contributed by atoms with E-state index >= 15 is 0 Å². The standard InChI is InChI=1S/C25H25N3O4/c1-16(19-6-4-8-21(13-19)26-17(2)29)27-28-25(30)24-12-11-23(32-24)15-31-22-10-9-18-5-3-7-20(18)14-22/h4,6,8-14H,3,5,7,15H2,1-2H3,(H,26,29)(H,28,30)/b27-16+. The van der Waals surface area contributed by atoms with Crippen molar-refractivity contribution in [2.75, 3.05) is 5.32 Å². The molecule has 0 fully saturated rings. The Labute approximate surface area is 186 Å². The fourth-order valence-corrected chi connectivity index (χ4v) is 3.65. The smallest absolute Gasteiger partial charge is 0.307 e. The van der Waals surface area contributed by atoms with Gasteiger partial charge in [0.05, 0.1) is 5.71 Å². The Morgan fingerprint density at radius 1 is 1.03 bits per heavy atom. The van der Waals surface area contributed by atoms with Crippen molar-refractivity contribution in [3.8, 4) is 5.75 Å². The molecular formula is C25H25N3O4. The molecule has 32 heavy (non-hydrogen) atoms. The highest BCUT2D eigenvalue weighted by Crippen LogP contribution is 2.26. The van der Waals surface area contributed by atoms with Gasteiger partial charge in [0.1, 0.15) is 18.1 Å². The zero-order chi connectivity index (χ0) is 22.5. The molecule has 0 unspecified atom stereocenters. The predicted octanol–water partition coefficient (Wildman–Crippen LogP) is 4.46. The number of rotatable bonds is 7. The number of anilines is 1. The third-order valence-electron chi connectivity index (χ3n) is 5.26. The number of hydrogen-bond donors (Lipinski definition) is 2. The van der Waals surface area contributed by atoms with E-state index in [1.54, 1.807) is 37.3 Å². The maximum absolute atomic E-state index is 12.4. The summed E-state index contributed by atoms with van der Waals surface area (Å²) in [6, 6.07) is 16.7. The van der Waals surface area contributed by atoms with Crippen LogP contribution in [0.2, 0.25) is 0 Å². The second-order valence-electron chi connectivity index (χ2n) is 7.74. The van der Waals surface area contributed by atoms with Gasteiger partial charge in [0.15, 0.2) is 5.76 Å². The molecule has 0 aliphatic heterocycles. The Bertz CT molecular complexity index is 1180. The number of ether oxygens (including phenoxy) is 1. The van der Waals surface area contributed by atoms with Gasteiger partial charge in [-0.2, -0.15) is 5.10 Å². The van der Waals surface area contributed by atoms with E-state index in [0.29, 0.717) is 17.2 Å². The lowest BCUT2D eigenvalue weighted by Crippen LogP contribution is -2.18. The first-order chi connectivity index (χ1) is 15.5. The van der Waals surface area contributed by atoms with Crippen LogP contribution in [0.3, 0.4) is 0 Å². The molecule has 3 aromatic rings. The Morgan fingerprint density at radius 2 is 1.88 bits per heavy atom. The summed E-state index contributed by atoms with van der Waals surface area (Å²) in [5.41, 5.74) is 7.27. The number of benzene rings is 2. The van der Waals surface area contributed by atoms with Crippen molar-refractivity contribution in [2.24, 2.45) is 5.10 Å². The van der Waals surface area contributed by atoms with Crippen LogP contribution in [0.1, 0.15) is 53.3 Å². The number of aryl methyl sites for hydroxylation is 2. The summed E-state index contributed by atoms with van der Waals surface area (Å²) in [5.74, 6) is 0.903. The van der Waals surface area contributed by atoms with E-state index in [-0.39, 0.29) is 18.3 Å². The minimum absolute atomic E-state index is 0.154. The van der Waals surface area contributed by atoms with Crippen LogP contribution in [0.5, 0.6) is 5.75 Å². The summed E-state index contributed by atoms with van der Waals surface area (Å²) >= 11 is 0. The summed E-state index contributed by atoms with van der Waals surface area (Å²) in [6.45, 7) is 3.46. The number of carbonyl (C=O) groups excluding carboxylic acids is 2. The van der Waals surface area contributed by atoms with E-state index in [9.17, 15) is 9.59 Å². The van der Waals surface area contributed by atoms with Gasteiger partial charge in [-0.3, -0.25) is 9.59 Å². The van der Waals surface area contributed by atoms with Gasteiger partial charge in [-0.15, -0.1) is 0 Å². The molecule has 1 aliphatic carbocycles. The molecule has 0 saturated heterocycles. The van der Waals surface area contributed by atoms with E-state index in [1.165, 1.54) is 24.5 Å². The fourth-order valence-electron chi connectivity index (χ4n) is 3.65. The van der Waals surface area contributed by atoms with E-state index < -0.39 is 5.91 Å². The molecule has 7 nitrogen and oxygen atoms in total. The van der Waals surface area contributed by atoms with E-state index in [4.69, 9.17) is 9.15 Å². The molecule has 0 atom stereocenters. The summed E-state index contributed by atoms with van der Waals surface area (Å²) < 4.78 is 11.4. The molecule has 2 aromatic carbocycles. The molecule has 0 bridgehead atoms. The van der Waals surface area contributed by atoms with Gasteiger partial charge >= 0.3 is 5.91 Å². The first kappa shape index (κ1) is 21.4. The van der Waals surface area contributed by atoms with E-state index in [2.05, 4.69) is 28.0 Å². The monoisotopic (exact) mass is 431 g/mol. The Kier molecular flexibility index (Phi) is 6.35. The SMILES string of the molecule is CC(=O)Nc1cccc(/C(C)=N/NC(=O)c2ccc(COc3ccc4c(c3)CCC4)o2)c1. The molecule has 7 heteroatoms. The van der Waals surface area contributed by atoms with E-state index in [0.717, 1.165) is 24.2 Å². The summed E-state index contributed by atoms with van der Waals surface area (Å²) in [5, 5.41) is 6.86. The lowest BCUT2D eigenvalue weighted by Gasteiger charge is -2.07. The normalized spacial score (nSPS) is 12.9. The molecule has 164 valence electrons. The number of nitrogens with zero attached hydrogens (tertiary/aromatic N) is 1. The van der Waals surface area contributed by atoms with Crippen molar-refractivity contribution in [1.29, 1.82) is 0 Å². The van der Waals surface area contributed by atoms with Crippen LogP contribution >= 0.6 is 0 Å². The van der Waals surface area contributed by atoms with Gasteiger partial charge in [0, 0.05) is 12.6 Å². The van der Waals surface area contributed by atoms with Gasteiger partial charge in [-0.05, 0) is 79.3 Å². The molecule has 0 radical (unpaired) electrons. The quantitative estimate of drug-likeness (QED) is 0.427. The number of carbonyl (C=O) groups is 2. The molecule has 1 aliphatic rings. The maximum atomic E-state index is 12.4. The van der Waals surface area contributed by atoms with Gasteiger partial charge < -0.3 is 14.5 Å². The molecule has 1 heterocycles. The lowest BCUT2D eigenvalue weighted by molar-refractivity contribution is -0.114. The molecule has 2 N–H and O–H groups in total. The minimum Gasteiger partial charge on any atom is -0.486 e. The molecule has 4 rings (SSSR count). The first-order valence-corrected chi connectivity index (χ1v) is 10.5. The highest BCUT2D eigenvalue weighted by molar-refractivity contribution is 6.01. The van der Waals surface area contributed by atoms with Crippen LogP contribution < -0.4 is 15.5 Å². The Morgan fingerprint density at radius 3 is 2.72 bits per heavy atom. The molecule has 0 saturated carbocycles. The molecule has 0 spiro atoms. The van der Waals surface area contributed by atoms with Gasteiger partial charge in [0.25, 0.3) is 0 Å². The minimum atomic E-state index is -0.453. The highest BCUT2D eigenvalue weighted by atomic mass is 16.5. The molecular weight excluding hydrogens is 406 g/mol. The third kappa shape index (κ3) is 5.24. The average molecular weight is 431 g/mol. The summed E-state index contributed by atoms with van der Waals surface area (Å²) in [6.07, 6.45) is 3.42. The predicted molar refractivity (Wildman–Crippen MR) is 122 cm³/mol. The second-order valence-corrected chi connectivity index (χ2v) is 7.74. The largest absolute Gasteiger partial charge is 0.486 e. The number of amides is 2. The van der Waals surface area contributed by atoms with Gasteiger partial charge in [-0.1, -0.05) is 18.2 Å². The van der Waals surface area contributed by atoms with Crippen molar-refractivity contribution >= 4 is 23.2 Å². The van der Waals surface area contributed by atoms with Crippen LogP contribution in [-0.2, 0) is 24.2 Å². The van der Waals surface area contributed by atoms with Crippen LogP contribution in [0.4, 0.5) is 5.69 Å². The van der Waals surface area contributed by atoms with E-state index in [1.807, 2.05) is 12.1 Å². The zero-order valence-electron chi connectivity index (χ0n) is 18.1. The summed E-state index contributed by atoms with van der Waals surface area (Å²) in [4.78, 5) is 23.6. The topological polar surface area (TPSA) is 92.9 Å². The van der Waals surface area contributed by atoms with Crippen molar-refractivity contribution in [2.45, 2.75) is 39.7 Å². The second kappa shape index (κ2) is 9.51. The van der Waals surface area contributed by atoms with Gasteiger partial charge in [0.2, 0.25) is 5.91 Å². The first-order valence-electron chi connectivity index (χ1n) is 10.5. The summed E-state index contributed by atoms with van der Waals surface area (Å²) in [7, 11) is 0. The molecule has 2 amide bonds. The third-order valence-corrected chi connectivity index (χ3v) is 5.26. The van der Waals surface area contributed by atoms with Gasteiger partial charge in [-0.25, -0.2) is 5.43 Å². The van der Waals surface area contributed by atoms with Crippen LogP contribution in [0.15, 0.2) is 64.1 Å². The number of hydrogen-bond acceptors (Lipinski definition) is 5. The van der Waals surface area contributed by atoms with Crippen molar-refractivity contribution in [1.82, 2.24) is 5.43 Å². The number of furan rings is 1. The number of hydrazone groups is 1. The number of fused-ring (bicyclic) bond motifs is 1. The van der Waals surface area contributed by atoms with Crippen LogP contribution in [0, 0.1) is 0 Å². The van der Waals surface area contributed by atoms with Crippen molar-refractivity contribution < 1.29 is 18.7 Å². The zero-order valence-corrected chi connectivity index (χ0v) is 18.1. The molecule has 1 aromatic heterocycles. The lowest BCUT2D eigenvalue weighted by atomic mass is 10.1. The van der Waals surface area contributed by atoms with Crippen LogP contribution in [0.25, 0.3) is 0 Å². The fraction of sp³-hybridized carbons (Fsp3) is 0.240. The maximum Gasteiger partial charge on any atom is 0.307 e. The highest BCUT2D eigenvalue weighted by Gasteiger charge is 2.13. The Hall–Kier alpha value is -3.87. The Balaban J connectivity index is 1.34. The number of nitrogens with one attached hydrogen (secondary N) is 2. The van der Waals surface area contributed by atoms with Crippen LogP contribution in [-0.4, -0.2) is 17.5 Å². The van der Waals surface area contributed by atoms with Crippen molar-refractivity contribution in [3.05, 3.63) is 82.8 Å². The average Bonchev–Trinajstić information content (AvgIpc) is 3.44. The van der Waals surface area contributed by atoms with Crippen molar-refractivity contribution in [3.63, 3.8) is 0 Å².